The van der Waals surface area contributed by atoms with Crippen LogP contribution in [0.15, 0.2) is 48.5 Å². The third-order valence-electron chi connectivity index (χ3n) is 2.34. The molecule has 2 aromatic carbocycles. The number of hydrogen-bond donors (Lipinski definition) is 0. The number of nitriles is 4. The first-order valence-corrected chi connectivity index (χ1v) is 26.8. The van der Waals surface area contributed by atoms with E-state index in [-0.39, 0.29) is 0 Å². The van der Waals surface area contributed by atoms with E-state index in [1.807, 2.05) is 52.0 Å². The van der Waals surface area contributed by atoms with Crippen molar-refractivity contribution in [3.05, 3.63) is 70.8 Å². The van der Waals surface area contributed by atoms with E-state index in [0.29, 0.717) is 35.5 Å². The molecule has 0 spiro atoms. The van der Waals surface area contributed by atoms with Gasteiger partial charge in [-0.3, -0.25) is 0 Å². The smallest absolute Gasteiger partial charge is 0.101 e. The van der Waals surface area contributed by atoms with Crippen molar-refractivity contribution in [2.45, 2.75) is 27.7 Å². The summed E-state index contributed by atoms with van der Waals surface area (Å²) < 4.78 is 0. The maximum atomic E-state index is 8.45. The normalized spacial score (nSPS) is 6.76. The summed E-state index contributed by atoms with van der Waals surface area (Å²) in [5.74, 6) is 0. The van der Waals surface area contributed by atoms with Crippen LogP contribution in [-0.4, -0.2) is 0 Å². The molecule has 0 saturated carbocycles. The molecule has 29 heavy (non-hydrogen) atoms. The van der Waals surface area contributed by atoms with Gasteiger partial charge in [-0.2, -0.15) is 21.0 Å². The number of benzene rings is 2. The van der Waals surface area contributed by atoms with E-state index in [1.54, 1.807) is 48.5 Å². The van der Waals surface area contributed by atoms with E-state index in [0.717, 1.165) is 0 Å². The molecule has 2 rings (SSSR count). The molecular formula is C20H20I5N4-. The molecular weight excluding hydrogens is 931 g/mol. The zero-order valence-electron chi connectivity index (χ0n) is 16.3. The van der Waals surface area contributed by atoms with Crippen LogP contribution in [0.3, 0.4) is 0 Å². The monoisotopic (exact) mass is 951 g/mol. The van der Waals surface area contributed by atoms with Gasteiger partial charge in [-0.05, 0) is 24.3 Å². The van der Waals surface area contributed by atoms with Crippen molar-refractivity contribution in [1.29, 1.82) is 21.0 Å². The molecule has 0 fully saturated rings. The minimum atomic E-state index is 0.435. The molecule has 0 amide bonds. The molecule has 0 atom stereocenters. The SMILES string of the molecule is CC.CC.II.I[I-]I.N#Cc1ccccc1C#N.N#Cc1ccccc1C#N. The van der Waals surface area contributed by atoms with Crippen LogP contribution in [0.25, 0.3) is 0 Å². The van der Waals surface area contributed by atoms with Crippen molar-refractivity contribution in [3.8, 4) is 24.3 Å². The number of rotatable bonds is 0. The van der Waals surface area contributed by atoms with E-state index >= 15 is 0 Å². The van der Waals surface area contributed by atoms with Crippen molar-refractivity contribution < 1.29 is 13.3 Å². The molecule has 0 aliphatic carbocycles. The molecule has 0 unspecified atom stereocenters. The Labute approximate surface area is 228 Å². The van der Waals surface area contributed by atoms with Crippen molar-refractivity contribution in [2.75, 3.05) is 0 Å². The summed E-state index contributed by atoms with van der Waals surface area (Å²) in [7, 11) is 0. The summed E-state index contributed by atoms with van der Waals surface area (Å²) in [6.07, 6.45) is 0. The Hall–Kier alpha value is 0.0500. The zero-order valence-corrected chi connectivity index (χ0v) is 27.1. The van der Waals surface area contributed by atoms with Crippen LogP contribution >= 0.6 is 74.5 Å². The van der Waals surface area contributed by atoms with Gasteiger partial charge in [-0.1, -0.05) is 52.0 Å². The summed E-state index contributed by atoms with van der Waals surface area (Å²) in [5, 5.41) is 33.8. The average molecular weight is 951 g/mol. The Morgan fingerprint density at radius 3 is 0.793 bits per heavy atom. The number of nitrogens with zero attached hydrogens (tertiary/aromatic N) is 4. The van der Waals surface area contributed by atoms with Gasteiger partial charge in [0, 0.05) is 37.2 Å². The van der Waals surface area contributed by atoms with Gasteiger partial charge in [0.05, 0.1) is 22.3 Å². The standard InChI is InChI=1S/2C8H4N2.2C2H6.I3.I2/c2*9-5-7-3-1-2-4-8(7)6-10;2*1-2;1-3-2;1-2/h2*1-4H;2*1-2H3;;/q;;;;-1;. The fourth-order valence-electron chi connectivity index (χ4n) is 1.36. The van der Waals surface area contributed by atoms with Gasteiger partial charge in [-0.15, -0.1) is 0 Å². The third-order valence-corrected chi connectivity index (χ3v) is 2.34. The van der Waals surface area contributed by atoms with E-state index in [2.05, 4.69) is 74.5 Å². The molecule has 0 aromatic heterocycles. The first-order chi connectivity index (χ1) is 14.2. The predicted octanol–water partition coefficient (Wildman–Crippen LogP) is 5.46. The van der Waals surface area contributed by atoms with E-state index in [9.17, 15) is 0 Å². The maximum absolute atomic E-state index is 8.45. The fraction of sp³-hybridized carbons (Fsp3) is 0.200. The van der Waals surface area contributed by atoms with Gasteiger partial charge in [-0.25, -0.2) is 0 Å². The molecule has 9 heteroatoms. The second kappa shape index (κ2) is 32.7. The van der Waals surface area contributed by atoms with Gasteiger partial charge in [0.2, 0.25) is 0 Å². The van der Waals surface area contributed by atoms with Gasteiger partial charge >= 0.3 is 50.5 Å². The Balaban J connectivity index is -0.000000155. The van der Waals surface area contributed by atoms with Crippen molar-refractivity contribution in [3.63, 3.8) is 0 Å². The van der Waals surface area contributed by atoms with Crippen LogP contribution in [0.4, 0.5) is 0 Å². The van der Waals surface area contributed by atoms with Crippen molar-refractivity contribution in [2.24, 2.45) is 0 Å². The molecule has 0 aliphatic heterocycles. The van der Waals surface area contributed by atoms with Crippen molar-refractivity contribution in [1.82, 2.24) is 0 Å². The molecule has 4 nitrogen and oxygen atoms in total. The quantitative estimate of drug-likeness (QED) is 0.329. The van der Waals surface area contributed by atoms with Gasteiger partial charge in [0.25, 0.3) is 0 Å². The summed E-state index contributed by atoms with van der Waals surface area (Å²) >= 11 is 9.54. The molecule has 0 bridgehead atoms. The second-order valence-electron chi connectivity index (χ2n) is 3.59. The minimum Gasteiger partial charge on any atom is -0.192 e. The summed E-state index contributed by atoms with van der Waals surface area (Å²) in [4.78, 5) is 0. The Kier molecular flexibility index (Phi) is 41.1. The molecule has 0 N–H and O–H groups in total. The minimum absolute atomic E-state index is 0.435. The molecule has 0 heterocycles. The molecule has 2 aromatic rings. The van der Waals surface area contributed by atoms with E-state index in [4.69, 9.17) is 21.0 Å². The van der Waals surface area contributed by atoms with Crippen LogP contribution in [0, 0.1) is 45.3 Å². The number of hydrogen-bond acceptors (Lipinski definition) is 4. The Morgan fingerprint density at radius 2 is 0.690 bits per heavy atom. The Bertz CT molecular complexity index is 666. The summed E-state index contributed by atoms with van der Waals surface area (Å²) in [5.41, 5.74) is 1.74. The van der Waals surface area contributed by atoms with Crippen molar-refractivity contribution >= 4 is 74.5 Å². The second-order valence-corrected chi connectivity index (χ2v) is 19.8. The first kappa shape index (κ1) is 36.4. The zero-order chi connectivity index (χ0) is 23.5. The van der Waals surface area contributed by atoms with Crippen LogP contribution in [0.1, 0.15) is 49.9 Å². The molecule has 0 radical (unpaired) electrons. The Morgan fingerprint density at radius 1 is 0.552 bits per heavy atom. The largest absolute Gasteiger partial charge is 0.192 e. The van der Waals surface area contributed by atoms with Crippen LogP contribution in [0.5, 0.6) is 0 Å². The average Bonchev–Trinajstić information content (AvgIpc) is 2.83. The third kappa shape index (κ3) is 21.1. The fourth-order valence-corrected chi connectivity index (χ4v) is 1.36. The summed E-state index contributed by atoms with van der Waals surface area (Å²) in [6.45, 7) is 8.00. The molecule has 0 saturated heterocycles. The van der Waals surface area contributed by atoms with Gasteiger partial charge < -0.3 is 0 Å². The molecule has 0 aliphatic rings. The van der Waals surface area contributed by atoms with E-state index < -0.39 is 0 Å². The first-order valence-electron chi connectivity index (χ1n) is 7.98. The number of halogens is 5. The summed E-state index contributed by atoms with van der Waals surface area (Å²) in [6, 6.07) is 21.1. The van der Waals surface area contributed by atoms with Crippen LogP contribution < -0.4 is 13.3 Å². The van der Waals surface area contributed by atoms with Gasteiger partial charge in [0.15, 0.2) is 0 Å². The van der Waals surface area contributed by atoms with Gasteiger partial charge in [0.1, 0.15) is 24.3 Å². The van der Waals surface area contributed by atoms with Crippen LogP contribution in [0.2, 0.25) is 0 Å². The van der Waals surface area contributed by atoms with E-state index in [1.165, 1.54) is 0 Å². The van der Waals surface area contributed by atoms with Crippen LogP contribution in [-0.2, 0) is 0 Å². The predicted molar refractivity (Wildman–Crippen MR) is 151 cm³/mol. The maximum Gasteiger partial charge on any atom is 0.101 e. The molecule has 156 valence electrons. The topological polar surface area (TPSA) is 95.2 Å².